The summed E-state index contributed by atoms with van der Waals surface area (Å²) in [7, 11) is 0. The zero-order valence-corrected chi connectivity index (χ0v) is 14.6. The van der Waals surface area contributed by atoms with Gasteiger partial charge in [-0.3, -0.25) is 0 Å². The fourth-order valence-corrected chi connectivity index (χ4v) is 5.46. The van der Waals surface area contributed by atoms with Crippen LogP contribution in [-0.4, -0.2) is 12.1 Å². The van der Waals surface area contributed by atoms with E-state index in [0.29, 0.717) is 5.92 Å². The first kappa shape index (κ1) is 15.1. The number of fused-ring (bicyclic) bond motifs is 2. The summed E-state index contributed by atoms with van der Waals surface area (Å²) in [5.74, 6) is 0.592. The molecule has 1 aromatic rings. The van der Waals surface area contributed by atoms with Gasteiger partial charge in [-0.2, -0.15) is 0 Å². The molecule has 2 bridgehead atoms. The Labute approximate surface area is 131 Å². The Hall–Kier alpha value is -0.830. The number of thiophene rings is 1. The Morgan fingerprint density at radius 1 is 1.43 bits per heavy atom. The van der Waals surface area contributed by atoms with Crippen LogP contribution in [-0.2, 0) is 11.2 Å². The zero-order chi connectivity index (χ0) is 15.4. The lowest BCUT2D eigenvalue weighted by atomic mass is 9.70. The number of esters is 1. The Morgan fingerprint density at radius 2 is 2.14 bits per heavy atom. The smallest absolute Gasteiger partial charge is 0.348 e. The van der Waals surface area contributed by atoms with Crippen molar-refractivity contribution in [3.63, 3.8) is 0 Å². The minimum Gasteiger partial charge on any atom is -0.458 e. The van der Waals surface area contributed by atoms with E-state index in [1.807, 2.05) is 6.07 Å². The van der Waals surface area contributed by atoms with Crippen LogP contribution in [0.15, 0.2) is 6.07 Å². The van der Waals surface area contributed by atoms with Gasteiger partial charge in [0.25, 0.3) is 0 Å². The van der Waals surface area contributed by atoms with Crippen LogP contribution in [0.2, 0.25) is 0 Å². The maximum Gasteiger partial charge on any atom is 0.348 e. The van der Waals surface area contributed by atoms with E-state index >= 15 is 0 Å². The van der Waals surface area contributed by atoms with E-state index in [1.54, 1.807) is 11.3 Å². The SMILES string of the molecule is CCc1cc(C(=O)OC2CC3CCC2(C)C3(C)C)sc1C. The molecule has 3 unspecified atom stereocenters. The highest BCUT2D eigenvalue weighted by atomic mass is 32.1. The molecular formula is C18H26O2S. The van der Waals surface area contributed by atoms with Crippen LogP contribution in [0.1, 0.15) is 67.1 Å². The summed E-state index contributed by atoms with van der Waals surface area (Å²) in [6.07, 6.45) is 4.58. The highest BCUT2D eigenvalue weighted by Gasteiger charge is 2.62. The van der Waals surface area contributed by atoms with Gasteiger partial charge in [-0.25, -0.2) is 4.79 Å². The van der Waals surface area contributed by atoms with Crippen molar-refractivity contribution in [3.8, 4) is 0 Å². The third-order valence-electron chi connectivity index (χ3n) is 6.57. The molecule has 2 aliphatic carbocycles. The Balaban J connectivity index is 1.77. The molecule has 116 valence electrons. The average Bonchev–Trinajstić information content (AvgIpc) is 2.96. The van der Waals surface area contributed by atoms with E-state index in [-0.39, 0.29) is 22.9 Å². The predicted molar refractivity (Wildman–Crippen MR) is 86.9 cm³/mol. The van der Waals surface area contributed by atoms with Gasteiger partial charge in [0.05, 0.1) is 0 Å². The van der Waals surface area contributed by atoms with Crippen LogP contribution in [0.4, 0.5) is 0 Å². The Morgan fingerprint density at radius 3 is 2.62 bits per heavy atom. The zero-order valence-electron chi connectivity index (χ0n) is 13.8. The normalized spacial score (nSPS) is 33.4. The number of hydrogen-bond acceptors (Lipinski definition) is 3. The molecule has 0 aliphatic heterocycles. The second-order valence-corrected chi connectivity index (χ2v) is 8.81. The molecule has 0 radical (unpaired) electrons. The van der Waals surface area contributed by atoms with Crippen LogP contribution in [0.25, 0.3) is 0 Å². The number of rotatable bonds is 3. The monoisotopic (exact) mass is 306 g/mol. The van der Waals surface area contributed by atoms with Crippen LogP contribution in [0, 0.1) is 23.7 Å². The van der Waals surface area contributed by atoms with E-state index in [9.17, 15) is 4.79 Å². The van der Waals surface area contributed by atoms with E-state index in [0.717, 1.165) is 17.7 Å². The summed E-state index contributed by atoms with van der Waals surface area (Å²) in [5.41, 5.74) is 1.71. The summed E-state index contributed by atoms with van der Waals surface area (Å²) in [6, 6.07) is 2.02. The van der Waals surface area contributed by atoms with E-state index < -0.39 is 0 Å². The van der Waals surface area contributed by atoms with Crippen molar-refractivity contribution in [2.24, 2.45) is 16.7 Å². The molecule has 0 amide bonds. The van der Waals surface area contributed by atoms with E-state index in [1.165, 1.54) is 23.3 Å². The van der Waals surface area contributed by atoms with Crippen LogP contribution in [0.5, 0.6) is 0 Å². The Bertz CT molecular complexity index is 572. The van der Waals surface area contributed by atoms with Gasteiger partial charge >= 0.3 is 5.97 Å². The lowest BCUT2D eigenvalue weighted by molar-refractivity contribution is -0.0238. The van der Waals surface area contributed by atoms with Crippen molar-refractivity contribution in [2.45, 2.75) is 66.4 Å². The first-order valence-corrected chi connectivity index (χ1v) is 8.91. The van der Waals surface area contributed by atoms with Crippen LogP contribution in [0.3, 0.4) is 0 Å². The van der Waals surface area contributed by atoms with Crippen molar-refractivity contribution in [3.05, 3.63) is 21.4 Å². The number of ether oxygens (including phenoxy) is 1. The van der Waals surface area contributed by atoms with Crippen LogP contribution >= 0.6 is 11.3 Å². The minimum absolute atomic E-state index is 0.0891. The second-order valence-electron chi connectivity index (χ2n) is 7.55. The van der Waals surface area contributed by atoms with Gasteiger partial charge in [0.2, 0.25) is 0 Å². The Kier molecular flexibility index (Phi) is 3.47. The topological polar surface area (TPSA) is 26.3 Å². The van der Waals surface area contributed by atoms with Gasteiger partial charge in [0.15, 0.2) is 0 Å². The summed E-state index contributed by atoms with van der Waals surface area (Å²) in [5, 5.41) is 0. The average molecular weight is 306 g/mol. The molecule has 0 aromatic carbocycles. The first-order valence-electron chi connectivity index (χ1n) is 8.10. The maximum atomic E-state index is 12.5. The van der Waals surface area contributed by atoms with Crippen molar-refractivity contribution < 1.29 is 9.53 Å². The maximum absolute atomic E-state index is 12.5. The van der Waals surface area contributed by atoms with Gasteiger partial charge in [-0.15, -0.1) is 11.3 Å². The van der Waals surface area contributed by atoms with Gasteiger partial charge in [0, 0.05) is 10.3 Å². The molecule has 2 nitrogen and oxygen atoms in total. The van der Waals surface area contributed by atoms with Crippen molar-refractivity contribution in [1.82, 2.24) is 0 Å². The molecule has 2 saturated carbocycles. The molecule has 3 heteroatoms. The second kappa shape index (κ2) is 4.84. The third kappa shape index (κ3) is 2.08. The molecule has 1 aromatic heterocycles. The predicted octanol–water partition coefficient (Wildman–Crippen LogP) is 4.99. The van der Waals surface area contributed by atoms with Crippen molar-refractivity contribution in [1.29, 1.82) is 0 Å². The molecule has 0 N–H and O–H groups in total. The highest BCUT2D eigenvalue weighted by Crippen LogP contribution is 2.66. The van der Waals surface area contributed by atoms with Gasteiger partial charge in [-0.1, -0.05) is 27.7 Å². The van der Waals surface area contributed by atoms with E-state index in [4.69, 9.17) is 4.74 Å². The van der Waals surface area contributed by atoms with Crippen molar-refractivity contribution >= 4 is 17.3 Å². The molecule has 3 rings (SSSR count). The lowest BCUT2D eigenvalue weighted by Gasteiger charge is -2.38. The minimum atomic E-state index is -0.114. The molecule has 2 aliphatic rings. The van der Waals surface area contributed by atoms with Gasteiger partial charge < -0.3 is 4.74 Å². The molecule has 1 heterocycles. The fourth-order valence-electron chi connectivity index (χ4n) is 4.47. The standard InChI is InChI=1S/C18H26O2S/c1-6-12-9-14(21-11(12)2)16(19)20-15-10-13-7-8-18(15,5)17(13,3)4/h9,13,15H,6-8,10H2,1-5H3. The number of carbonyl (C=O) groups is 1. The lowest BCUT2D eigenvalue weighted by Crippen LogP contribution is -2.38. The summed E-state index contributed by atoms with van der Waals surface area (Å²) in [6.45, 7) is 11.2. The molecular weight excluding hydrogens is 280 g/mol. The molecule has 0 saturated heterocycles. The fraction of sp³-hybridized carbons (Fsp3) is 0.722. The molecule has 2 fully saturated rings. The summed E-state index contributed by atoms with van der Waals surface area (Å²) >= 11 is 1.57. The van der Waals surface area contributed by atoms with E-state index in [2.05, 4.69) is 34.6 Å². The third-order valence-corrected chi connectivity index (χ3v) is 7.64. The number of carbonyl (C=O) groups excluding carboxylic acids is 1. The summed E-state index contributed by atoms with van der Waals surface area (Å²) < 4.78 is 5.95. The first-order chi connectivity index (χ1) is 9.79. The van der Waals surface area contributed by atoms with Crippen LogP contribution < -0.4 is 0 Å². The van der Waals surface area contributed by atoms with Crippen molar-refractivity contribution in [2.75, 3.05) is 0 Å². The quantitative estimate of drug-likeness (QED) is 0.735. The molecule has 0 spiro atoms. The number of aryl methyl sites for hydroxylation is 2. The summed E-state index contributed by atoms with van der Waals surface area (Å²) in [4.78, 5) is 14.5. The largest absolute Gasteiger partial charge is 0.458 e. The highest BCUT2D eigenvalue weighted by molar-refractivity contribution is 7.14. The number of hydrogen-bond donors (Lipinski definition) is 0. The van der Waals surface area contributed by atoms with Gasteiger partial charge in [-0.05, 0) is 55.6 Å². The molecule has 3 atom stereocenters. The molecule has 21 heavy (non-hydrogen) atoms. The van der Waals surface area contributed by atoms with Gasteiger partial charge in [0.1, 0.15) is 11.0 Å².